The van der Waals surface area contributed by atoms with Gasteiger partial charge in [-0.25, -0.2) is 0 Å². The number of anilines is 1. The van der Waals surface area contributed by atoms with Crippen LogP contribution in [0.5, 0.6) is 0 Å². The summed E-state index contributed by atoms with van der Waals surface area (Å²) in [5.41, 5.74) is 3.90. The fourth-order valence-electron chi connectivity index (χ4n) is 1.38. The van der Waals surface area contributed by atoms with E-state index in [1.54, 1.807) is 0 Å². The molecule has 0 unspecified atom stereocenters. The zero-order valence-corrected chi connectivity index (χ0v) is 15.6. The van der Waals surface area contributed by atoms with E-state index in [0.717, 1.165) is 16.8 Å². The van der Waals surface area contributed by atoms with Gasteiger partial charge in [-0.3, -0.25) is 0 Å². The van der Waals surface area contributed by atoms with Gasteiger partial charge in [0, 0.05) is 31.4 Å². The molecule has 0 aromatic heterocycles. The molecule has 0 spiro atoms. The molecule has 0 saturated carbocycles. The van der Waals surface area contributed by atoms with E-state index in [0.29, 0.717) is 5.69 Å². The maximum atomic E-state index is 8.68. The average molecular weight is 348 g/mol. The smallest absolute Gasteiger partial charge is 1.00 e. The molecule has 0 fully saturated rings. The molecule has 0 aliphatic rings. The van der Waals surface area contributed by atoms with E-state index >= 15 is 0 Å². The minimum absolute atomic E-state index is 0. The summed E-state index contributed by atoms with van der Waals surface area (Å²) in [7, 11) is 4.00. The van der Waals surface area contributed by atoms with E-state index < -0.39 is 0 Å². The maximum Gasteiger partial charge on any atom is 2.00 e. The summed E-state index contributed by atoms with van der Waals surface area (Å²) >= 11 is 0. The van der Waals surface area contributed by atoms with Crippen LogP contribution in [-0.2, 0) is 19.5 Å². The van der Waals surface area contributed by atoms with Crippen molar-refractivity contribution in [2.24, 2.45) is 0 Å². The molecule has 1 aromatic carbocycles. The molecule has 0 bridgehead atoms. The van der Waals surface area contributed by atoms with Gasteiger partial charge in [-0.2, -0.15) is 0 Å². The predicted molar refractivity (Wildman–Crippen MR) is 55.0 cm³/mol. The van der Waals surface area contributed by atoms with E-state index in [9.17, 15) is 0 Å². The summed E-state index contributed by atoms with van der Waals surface area (Å²) < 4.78 is 0. The molecule has 0 saturated heterocycles. The number of diazo groups is 1. The van der Waals surface area contributed by atoms with Gasteiger partial charge in [0.15, 0.2) is 4.98 Å². The Kier molecular flexibility index (Phi) is 16.7. The first-order valence-electron chi connectivity index (χ1n) is 4.20. The summed E-state index contributed by atoms with van der Waals surface area (Å²) in [5, 5.41) is 8.68. The van der Waals surface area contributed by atoms with Crippen molar-refractivity contribution in [1.82, 2.24) is 0 Å². The van der Waals surface area contributed by atoms with Gasteiger partial charge < -0.3 is 42.1 Å². The topological polar surface area (TPSA) is 31.4 Å². The van der Waals surface area contributed by atoms with Crippen LogP contribution < -0.4 is 42.1 Å². The van der Waals surface area contributed by atoms with Crippen molar-refractivity contribution in [1.29, 1.82) is 5.39 Å². The van der Waals surface area contributed by atoms with Crippen molar-refractivity contribution < 1.29 is 56.7 Å². The Morgan fingerprint density at radius 2 is 1.47 bits per heavy atom. The van der Waals surface area contributed by atoms with Crippen LogP contribution in [0.15, 0.2) is 12.1 Å². The molecular formula is C10H14Cl3N3Zn. The summed E-state index contributed by atoms with van der Waals surface area (Å²) in [6.07, 6.45) is 0. The molecule has 0 aliphatic carbocycles. The van der Waals surface area contributed by atoms with Crippen molar-refractivity contribution in [3.8, 4) is 0 Å². The van der Waals surface area contributed by atoms with Crippen molar-refractivity contribution in [2.45, 2.75) is 13.8 Å². The van der Waals surface area contributed by atoms with Crippen LogP contribution in [0.2, 0.25) is 0 Å². The monoisotopic (exact) mass is 345 g/mol. The van der Waals surface area contributed by atoms with Crippen LogP contribution in [0, 0.1) is 19.2 Å². The van der Waals surface area contributed by atoms with E-state index in [1.165, 1.54) is 0 Å². The second kappa shape index (κ2) is 11.0. The molecule has 0 radical (unpaired) electrons. The predicted octanol–water partition coefficient (Wildman–Crippen LogP) is -6.14. The van der Waals surface area contributed by atoms with Crippen molar-refractivity contribution in [3.05, 3.63) is 28.2 Å². The molecule has 0 amide bonds. The zero-order chi connectivity index (χ0) is 10.0. The molecule has 7 heteroatoms. The van der Waals surface area contributed by atoms with Crippen LogP contribution in [0.25, 0.3) is 4.98 Å². The molecule has 0 heterocycles. The van der Waals surface area contributed by atoms with Gasteiger partial charge in [-0.15, -0.1) is 0 Å². The Bertz CT molecular complexity index is 378. The quantitative estimate of drug-likeness (QED) is 0.374. The molecule has 92 valence electrons. The molecule has 0 aliphatic heterocycles. The third-order valence-electron chi connectivity index (χ3n) is 2.10. The summed E-state index contributed by atoms with van der Waals surface area (Å²) in [6.45, 7) is 3.94. The Morgan fingerprint density at radius 3 is 1.82 bits per heavy atom. The average Bonchev–Trinajstić information content (AvgIpc) is 2.07. The Morgan fingerprint density at radius 1 is 1.00 bits per heavy atom. The number of benzene rings is 1. The van der Waals surface area contributed by atoms with Gasteiger partial charge in [0.1, 0.15) is 0 Å². The number of hydrogen-bond donors (Lipinski definition) is 0. The minimum atomic E-state index is 0. The summed E-state index contributed by atoms with van der Waals surface area (Å²) in [4.78, 5) is 5.26. The number of hydrogen-bond acceptors (Lipinski definition) is 2. The fraction of sp³-hybridized carbons (Fsp3) is 0.400. The van der Waals surface area contributed by atoms with Crippen molar-refractivity contribution >= 4 is 11.4 Å². The number of halogens is 3. The van der Waals surface area contributed by atoms with Gasteiger partial charge in [-0.05, 0) is 25.5 Å². The molecule has 17 heavy (non-hydrogen) atoms. The summed E-state index contributed by atoms with van der Waals surface area (Å²) in [5.74, 6) is 0. The maximum absolute atomic E-state index is 8.68. The minimum Gasteiger partial charge on any atom is -1.00 e. The van der Waals surface area contributed by atoms with Gasteiger partial charge in [-0.1, -0.05) is 0 Å². The van der Waals surface area contributed by atoms with Crippen LogP contribution in [0.4, 0.5) is 11.4 Å². The van der Waals surface area contributed by atoms with Crippen molar-refractivity contribution in [3.63, 3.8) is 0 Å². The first kappa shape index (κ1) is 25.7. The van der Waals surface area contributed by atoms with Crippen LogP contribution in [0.1, 0.15) is 11.1 Å². The Balaban J connectivity index is -0.000000211. The molecule has 1 rings (SSSR count). The number of nitrogens with zero attached hydrogens (tertiary/aromatic N) is 3. The van der Waals surface area contributed by atoms with Crippen LogP contribution in [-0.4, -0.2) is 14.1 Å². The summed E-state index contributed by atoms with van der Waals surface area (Å²) in [6, 6.07) is 3.90. The third-order valence-corrected chi connectivity index (χ3v) is 2.10. The normalized spacial score (nSPS) is 7.24. The third kappa shape index (κ3) is 6.43. The first-order valence-corrected chi connectivity index (χ1v) is 4.20. The molecule has 0 atom stereocenters. The standard InChI is InChI=1S/C10H14N3.3ClH.Zn/c1-7-6-10(13(3)4)8(2)5-9(7)12-11;;;;/h5-6H,1-4H3;3*1H;/q+1;;;;+2/p-3. The second-order valence-corrected chi connectivity index (χ2v) is 3.42. The Hall–Kier alpha value is -0.0666. The van der Waals surface area contributed by atoms with Crippen LogP contribution >= 0.6 is 0 Å². The van der Waals surface area contributed by atoms with E-state index in [1.807, 2.05) is 45.0 Å². The molecule has 0 N–H and O–H groups in total. The fourth-order valence-corrected chi connectivity index (χ4v) is 1.38. The van der Waals surface area contributed by atoms with Gasteiger partial charge in [0.25, 0.3) is 0 Å². The molecule has 3 nitrogen and oxygen atoms in total. The van der Waals surface area contributed by atoms with Gasteiger partial charge in [0.2, 0.25) is 5.39 Å². The number of aryl methyl sites for hydroxylation is 2. The second-order valence-electron chi connectivity index (χ2n) is 3.42. The first-order chi connectivity index (χ1) is 6.06. The SMILES string of the molecule is Cc1cc(N(C)C)c(C)cc1[N+]#N.[Cl-].[Cl-].[Cl-].[Zn+2]. The zero-order valence-electron chi connectivity index (χ0n) is 10.3. The van der Waals surface area contributed by atoms with E-state index in [4.69, 9.17) is 5.39 Å². The van der Waals surface area contributed by atoms with E-state index in [2.05, 4.69) is 4.98 Å². The number of rotatable bonds is 1. The van der Waals surface area contributed by atoms with Gasteiger partial charge in [0.05, 0.1) is 0 Å². The van der Waals surface area contributed by atoms with Crippen LogP contribution in [0.3, 0.4) is 0 Å². The van der Waals surface area contributed by atoms with E-state index in [-0.39, 0.29) is 56.7 Å². The van der Waals surface area contributed by atoms with Gasteiger partial charge >= 0.3 is 25.2 Å². The largest absolute Gasteiger partial charge is 2.00 e. The molecular weight excluding hydrogens is 334 g/mol. The van der Waals surface area contributed by atoms with Crippen molar-refractivity contribution in [2.75, 3.05) is 19.0 Å². The Labute approximate surface area is 134 Å². The molecule has 1 aromatic rings.